The second-order valence-corrected chi connectivity index (χ2v) is 6.90. The molecule has 2 aromatic heterocycles. The summed E-state index contributed by atoms with van der Waals surface area (Å²) in [4.78, 5) is 20.7. The zero-order valence-corrected chi connectivity index (χ0v) is 15.9. The van der Waals surface area contributed by atoms with Gasteiger partial charge in [0.15, 0.2) is 11.4 Å². The highest BCUT2D eigenvalue weighted by Gasteiger charge is 2.08. The number of fused-ring (bicyclic) bond motifs is 1. The molecule has 0 N–H and O–H groups in total. The standard InChI is InChI=1S/C23H21N3O2/c1-16-3-4-18(11-17(16)2)12-20(27)15-28-21-7-5-19(6-8-21)22-13-25-23-14-24-9-10-26(22)23/h3-11,13-14H,12,15H2,1-2H3. The summed E-state index contributed by atoms with van der Waals surface area (Å²) in [5, 5.41) is 0. The number of hydrogen-bond acceptors (Lipinski definition) is 4. The lowest BCUT2D eigenvalue weighted by Crippen LogP contribution is -2.14. The zero-order chi connectivity index (χ0) is 19.5. The van der Waals surface area contributed by atoms with E-state index in [9.17, 15) is 4.79 Å². The van der Waals surface area contributed by atoms with Crippen LogP contribution in [0.2, 0.25) is 0 Å². The first kappa shape index (κ1) is 17.9. The first-order valence-electron chi connectivity index (χ1n) is 9.18. The molecule has 0 aliphatic rings. The molecular formula is C23H21N3O2. The molecular weight excluding hydrogens is 350 g/mol. The molecule has 4 rings (SSSR count). The number of imidazole rings is 1. The molecule has 0 aliphatic carbocycles. The number of carbonyl (C=O) groups is 1. The van der Waals surface area contributed by atoms with E-state index in [0.29, 0.717) is 12.2 Å². The van der Waals surface area contributed by atoms with Gasteiger partial charge in [0.2, 0.25) is 0 Å². The smallest absolute Gasteiger partial charge is 0.174 e. The average molecular weight is 371 g/mol. The van der Waals surface area contributed by atoms with Gasteiger partial charge in [-0.3, -0.25) is 14.2 Å². The second kappa shape index (κ2) is 7.64. The summed E-state index contributed by atoms with van der Waals surface area (Å²) in [6.45, 7) is 4.19. The Bertz CT molecular complexity index is 1130. The van der Waals surface area contributed by atoms with Crippen molar-refractivity contribution in [2.75, 3.05) is 6.61 Å². The molecule has 0 bridgehead atoms. The molecule has 0 spiro atoms. The SMILES string of the molecule is Cc1ccc(CC(=O)COc2ccc(-c3cnc4cnccn34)cc2)cc1C. The topological polar surface area (TPSA) is 56.5 Å². The third kappa shape index (κ3) is 3.78. The summed E-state index contributed by atoms with van der Waals surface area (Å²) in [5.74, 6) is 0.731. The van der Waals surface area contributed by atoms with Crippen molar-refractivity contribution in [1.29, 1.82) is 0 Å². The Morgan fingerprint density at radius 2 is 1.86 bits per heavy atom. The Hall–Kier alpha value is -3.47. The van der Waals surface area contributed by atoms with Gasteiger partial charge in [-0.2, -0.15) is 0 Å². The highest BCUT2D eigenvalue weighted by atomic mass is 16.5. The van der Waals surface area contributed by atoms with Crippen LogP contribution in [0.15, 0.2) is 67.3 Å². The van der Waals surface area contributed by atoms with Crippen molar-refractivity contribution in [2.45, 2.75) is 20.3 Å². The lowest BCUT2D eigenvalue weighted by molar-refractivity contribution is -0.120. The predicted molar refractivity (Wildman–Crippen MR) is 109 cm³/mol. The highest BCUT2D eigenvalue weighted by molar-refractivity contribution is 5.82. The lowest BCUT2D eigenvalue weighted by Gasteiger charge is -2.08. The zero-order valence-electron chi connectivity index (χ0n) is 15.9. The van der Waals surface area contributed by atoms with Crippen LogP contribution in [0.4, 0.5) is 0 Å². The Morgan fingerprint density at radius 1 is 1.04 bits per heavy atom. The summed E-state index contributed by atoms with van der Waals surface area (Å²) < 4.78 is 7.65. The van der Waals surface area contributed by atoms with Gasteiger partial charge < -0.3 is 4.74 Å². The first-order valence-corrected chi connectivity index (χ1v) is 9.18. The molecule has 0 saturated heterocycles. The van der Waals surface area contributed by atoms with Crippen LogP contribution < -0.4 is 4.74 Å². The molecule has 140 valence electrons. The summed E-state index contributed by atoms with van der Waals surface area (Å²) in [6, 6.07) is 13.8. The fourth-order valence-electron chi connectivity index (χ4n) is 3.13. The minimum Gasteiger partial charge on any atom is -0.486 e. The number of aromatic nitrogens is 3. The van der Waals surface area contributed by atoms with Gasteiger partial charge in [-0.05, 0) is 54.8 Å². The number of benzene rings is 2. The van der Waals surface area contributed by atoms with Crippen LogP contribution in [0.3, 0.4) is 0 Å². The fourth-order valence-corrected chi connectivity index (χ4v) is 3.13. The quantitative estimate of drug-likeness (QED) is 0.510. The van der Waals surface area contributed by atoms with E-state index in [1.54, 1.807) is 12.4 Å². The molecule has 0 amide bonds. The van der Waals surface area contributed by atoms with Crippen LogP contribution in [-0.4, -0.2) is 26.8 Å². The molecule has 0 atom stereocenters. The van der Waals surface area contributed by atoms with Crippen LogP contribution >= 0.6 is 0 Å². The van der Waals surface area contributed by atoms with Crippen molar-refractivity contribution in [3.63, 3.8) is 0 Å². The number of carbonyl (C=O) groups excluding carboxylic acids is 1. The maximum absolute atomic E-state index is 12.2. The first-order chi connectivity index (χ1) is 13.6. The average Bonchev–Trinajstić information content (AvgIpc) is 3.14. The number of hydrogen-bond donors (Lipinski definition) is 0. The molecule has 0 fully saturated rings. The van der Waals surface area contributed by atoms with E-state index >= 15 is 0 Å². The summed E-state index contributed by atoms with van der Waals surface area (Å²) in [6.07, 6.45) is 7.54. The fraction of sp³-hybridized carbons (Fsp3) is 0.174. The van der Waals surface area contributed by atoms with Crippen molar-refractivity contribution in [3.8, 4) is 17.0 Å². The number of Topliss-reactive ketones (excluding diaryl/α,β-unsaturated/α-hetero) is 1. The van der Waals surface area contributed by atoms with Gasteiger partial charge in [-0.1, -0.05) is 18.2 Å². The van der Waals surface area contributed by atoms with Gasteiger partial charge in [0.1, 0.15) is 12.4 Å². The molecule has 0 unspecified atom stereocenters. The molecule has 2 aromatic carbocycles. The van der Waals surface area contributed by atoms with Crippen LogP contribution in [-0.2, 0) is 11.2 Å². The van der Waals surface area contributed by atoms with Crippen molar-refractivity contribution in [3.05, 3.63) is 83.9 Å². The van der Waals surface area contributed by atoms with E-state index in [1.807, 2.05) is 53.2 Å². The van der Waals surface area contributed by atoms with Crippen LogP contribution in [0, 0.1) is 13.8 Å². The normalized spacial score (nSPS) is 10.9. The monoisotopic (exact) mass is 371 g/mol. The van der Waals surface area contributed by atoms with Crippen molar-refractivity contribution < 1.29 is 9.53 Å². The van der Waals surface area contributed by atoms with E-state index in [0.717, 1.165) is 22.5 Å². The van der Waals surface area contributed by atoms with Gasteiger partial charge in [0, 0.05) is 24.4 Å². The maximum atomic E-state index is 12.2. The van der Waals surface area contributed by atoms with E-state index in [1.165, 1.54) is 11.1 Å². The number of ether oxygens (including phenoxy) is 1. The lowest BCUT2D eigenvalue weighted by atomic mass is 10.0. The van der Waals surface area contributed by atoms with Gasteiger partial charge in [-0.15, -0.1) is 0 Å². The Morgan fingerprint density at radius 3 is 2.64 bits per heavy atom. The van der Waals surface area contributed by atoms with E-state index in [-0.39, 0.29) is 12.4 Å². The van der Waals surface area contributed by atoms with E-state index < -0.39 is 0 Å². The third-order valence-electron chi connectivity index (χ3n) is 4.84. The Balaban J connectivity index is 1.39. The van der Waals surface area contributed by atoms with Crippen LogP contribution in [0.25, 0.3) is 16.9 Å². The van der Waals surface area contributed by atoms with Gasteiger partial charge in [0.05, 0.1) is 18.1 Å². The second-order valence-electron chi connectivity index (χ2n) is 6.90. The molecule has 28 heavy (non-hydrogen) atoms. The van der Waals surface area contributed by atoms with Gasteiger partial charge >= 0.3 is 0 Å². The van der Waals surface area contributed by atoms with Gasteiger partial charge in [0.25, 0.3) is 0 Å². The third-order valence-corrected chi connectivity index (χ3v) is 4.84. The van der Waals surface area contributed by atoms with Crippen molar-refractivity contribution in [1.82, 2.24) is 14.4 Å². The minimum atomic E-state index is 0.0570. The number of ketones is 1. The number of rotatable bonds is 6. The van der Waals surface area contributed by atoms with E-state index in [4.69, 9.17) is 4.74 Å². The van der Waals surface area contributed by atoms with Gasteiger partial charge in [-0.25, -0.2) is 4.98 Å². The summed E-state index contributed by atoms with van der Waals surface area (Å²) in [7, 11) is 0. The molecule has 0 saturated carbocycles. The van der Waals surface area contributed by atoms with E-state index in [2.05, 4.69) is 29.9 Å². The highest BCUT2D eigenvalue weighted by Crippen LogP contribution is 2.23. The Kier molecular flexibility index (Phi) is 4.89. The van der Waals surface area contributed by atoms with Crippen LogP contribution in [0.5, 0.6) is 5.75 Å². The molecule has 0 radical (unpaired) electrons. The molecule has 4 aromatic rings. The Labute approximate surface area is 163 Å². The number of nitrogens with zero attached hydrogens (tertiary/aromatic N) is 3. The maximum Gasteiger partial charge on any atom is 0.174 e. The summed E-state index contributed by atoms with van der Waals surface area (Å²) in [5.41, 5.74) is 6.26. The van der Waals surface area contributed by atoms with Crippen LogP contribution in [0.1, 0.15) is 16.7 Å². The molecule has 5 nitrogen and oxygen atoms in total. The molecule has 5 heteroatoms. The van der Waals surface area contributed by atoms with Crippen molar-refractivity contribution in [2.24, 2.45) is 0 Å². The molecule has 0 aliphatic heterocycles. The van der Waals surface area contributed by atoms with Crippen molar-refractivity contribution >= 4 is 11.4 Å². The predicted octanol–water partition coefficient (Wildman–Crippen LogP) is 4.20. The summed E-state index contributed by atoms with van der Waals surface area (Å²) >= 11 is 0. The largest absolute Gasteiger partial charge is 0.486 e. The number of aryl methyl sites for hydroxylation is 2. The molecule has 2 heterocycles. The minimum absolute atomic E-state index is 0.0570.